The van der Waals surface area contributed by atoms with Crippen molar-refractivity contribution in [3.63, 3.8) is 0 Å². The Morgan fingerprint density at radius 1 is 1.30 bits per heavy atom. The van der Waals surface area contributed by atoms with Crippen LogP contribution >= 0.6 is 0 Å². The molecule has 0 saturated heterocycles. The zero-order valence-electron chi connectivity index (χ0n) is 12.9. The van der Waals surface area contributed by atoms with Gasteiger partial charge in [-0.05, 0) is 17.7 Å². The van der Waals surface area contributed by atoms with Crippen molar-refractivity contribution in [2.24, 2.45) is 5.10 Å². The van der Waals surface area contributed by atoms with Crippen LogP contribution in [0.4, 0.5) is 10.5 Å². The van der Waals surface area contributed by atoms with E-state index in [0.29, 0.717) is 0 Å². The number of anilines is 1. The summed E-state index contributed by atoms with van der Waals surface area (Å²) in [5.41, 5.74) is 4.29. The van der Waals surface area contributed by atoms with Gasteiger partial charge < -0.3 is 10.2 Å². The zero-order valence-corrected chi connectivity index (χ0v) is 12.9. The summed E-state index contributed by atoms with van der Waals surface area (Å²) in [5.74, 6) is -0.417. The average molecular weight is 314 g/mol. The van der Waals surface area contributed by atoms with E-state index in [4.69, 9.17) is 0 Å². The summed E-state index contributed by atoms with van der Waals surface area (Å²) in [6.07, 6.45) is 5.85. The monoisotopic (exact) mass is 314 g/mol. The van der Waals surface area contributed by atoms with Crippen molar-refractivity contribution < 1.29 is 9.59 Å². The van der Waals surface area contributed by atoms with Gasteiger partial charge in [0.25, 0.3) is 5.91 Å². The summed E-state index contributed by atoms with van der Waals surface area (Å²) < 4.78 is 1.24. The lowest BCUT2D eigenvalue weighted by Crippen LogP contribution is -2.36. The molecule has 0 atom stereocenters. The number of carbonyl (C=O) groups is 2. The van der Waals surface area contributed by atoms with Crippen molar-refractivity contribution in [2.75, 3.05) is 25.5 Å². The number of hydrogen-bond acceptors (Lipinski definition) is 5. The Hall–Kier alpha value is -3.16. The highest BCUT2D eigenvalue weighted by atomic mass is 16.2. The molecule has 0 aliphatic carbocycles. The van der Waals surface area contributed by atoms with Gasteiger partial charge in [0.1, 0.15) is 12.9 Å². The number of carbonyl (C=O) groups excluding carboxylic acids is 2. The SMILES string of the molecule is CN(C)c1ccc(C=NNC(=O)CNC(=O)n2ccnc2)cc1. The van der Waals surface area contributed by atoms with Crippen LogP contribution in [0.25, 0.3) is 0 Å². The van der Waals surface area contributed by atoms with Gasteiger partial charge >= 0.3 is 6.03 Å². The fourth-order valence-electron chi connectivity index (χ4n) is 1.70. The second kappa shape index (κ2) is 7.74. The van der Waals surface area contributed by atoms with Gasteiger partial charge in [-0.2, -0.15) is 5.10 Å². The Morgan fingerprint density at radius 3 is 2.65 bits per heavy atom. The molecule has 0 bridgehead atoms. The Morgan fingerprint density at radius 2 is 2.04 bits per heavy atom. The maximum absolute atomic E-state index is 11.6. The second-order valence-corrected chi connectivity index (χ2v) is 4.91. The second-order valence-electron chi connectivity index (χ2n) is 4.91. The minimum atomic E-state index is -0.430. The summed E-state index contributed by atoms with van der Waals surface area (Å²) in [5, 5.41) is 6.29. The van der Waals surface area contributed by atoms with Crippen molar-refractivity contribution >= 4 is 23.8 Å². The first-order chi connectivity index (χ1) is 11.1. The van der Waals surface area contributed by atoms with Crippen LogP contribution in [0.3, 0.4) is 0 Å². The number of rotatable bonds is 5. The fraction of sp³-hybridized carbons (Fsp3) is 0.200. The summed E-state index contributed by atoms with van der Waals surface area (Å²) in [6.45, 7) is -0.173. The zero-order chi connectivity index (χ0) is 16.7. The predicted molar refractivity (Wildman–Crippen MR) is 87.5 cm³/mol. The maximum atomic E-state index is 11.6. The van der Waals surface area contributed by atoms with E-state index in [1.807, 2.05) is 43.3 Å². The molecule has 1 aromatic carbocycles. The minimum absolute atomic E-state index is 0.173. The topological polar surface area (TPSA) is 91.6 Å². The number of amides is 2. The van der Waals surface area contributed by atoms with Crippen molar-refractivity contribution in [3.05, 3.63) is 48.5 Å². The van der Waals surface area contributed by atoms with Crippen LogP contribution in [-0.4, -0.2) is 48.3 Å². The smallest absolute Gasteiger partial charge is 0.327 e. The molecule has 2 aromatic rings. The van der Waals surface area contributed by atoms with E-state index in [0.717, 1.165) is 11.3 Å². The van der Waals surface area contributed by atoms with Gasteiger partial charge in [0.05, 0.1) is 6.21 Å². The van der Waals surface area contributed by atoms with Crippen LogP contribution in [0.15, 0.2) is 48.1 Å². The fourth-order valence-corrected chi connectivity index (χ4v) is 1.70. The Labute approximate surface area is 133 Å². The molecule has 2 amide bonds. The number of aromatic nitrogens is 2. The third kappa shape index (κ3) is 4.95. The molecule has 0 unspecified atom stereocenters. The molecule has 8 heteroatoms. The van der Waals surface area contributed by atoms with E-state index in [-0.39, 0.29) is 6.54 Å². The van der Waals surface area contributed by atoms with Crippen molar-refractivity contribution in [2.45, 2.75) is 0 Å². The molecule has 8 nitrogen and oxygen atoms in total. The van der Waals surface area contributed by atoms with Gasteiger partial charge in [0, 0.05) is 32.2 Å². The van der Waals surface area contributed by atoms with E-state index in [9.17, 15) is 9.59 Å². The summed E-state index contributed by atoms with van der Waals surface area (Å²) in [6, 6.07) is 7.27. The van der Waals surface area contributed by atoms with E-state index in [2.05, 4.69) is 20.8 Å². The van der Waals surface area contributed by atoms with Gasteiger partial charge in [-0.1, -0.05) is 12.1 Å². The van der Waals surface area contributed by atoms with E-state index < -0.39 is 11.9 Å². The largest absolute Gasteiger partial charge is 0.378 e. The molecule has 2 rings (SSSR count). The lowest BCUT2D eigenvalue weighted by molar-refractivity contribution is -0.120. The number of imidazole rings is 1. The van der Waals surface area contributed by atoms with Crippen LogP contribution in [0.1, 0.15) is 5.56 Å². The van der Waals surface area contributed by atoms with Crippen LogP contribution in [-0.2, 0) is 4.79 Å². The lowest BCUT2D eigenvalue weighted by atomic mass is 10.2. The number of hydrazone groups is 1. The highest BCUT2D eigenvalue weighted by Gasteiger charge is 2.05. The number of nitrogens with one attached hydrogen (secondary N) is 2. The van der Waals surface area contributed by atoms with Crippen LogP contribution in [0, 0.1) is 0 Å². The highest BCUT2D eigenvalue weighted by molar-refractivity contribution is 5.86. The molecular formula is C15H18N6O2. The molecule has 2 N–H and O–H groups in total. The first-order valence-electron chi connectivity index (χ1n) is 6.91. The standard InChI is InChI=1S/C15H18N6O2/c1-20(2)13-5-3-12(4-6-13)9-18-19-14(22)10-17-15(23)21-8-7-16-11-21/h3-9,11H,10H2,1-2H3,(H,17,23)(H,19,22). The highest BCUT2D eigenvalue weighted by Crippen LogP contribution is 2.10. The van der Waals surface area contributed by atoms with Crippen molar-refractivity contribution in [1.29, 1.82) is 0 Å². The van der Waals surface area contributed by atoms with Crippen molar-refractivity contribution in [1.82, 2.24) is 20.3 Å². The third-order valence-electron chi connectivity index (χ3n) is 2.95. The van der Waals surface area contributed by atoms with Gasteiger partial charge in [-0.3, -0.25) is 9.36 Å². The molecule has 0 aliphatic rings. The molecule has 1 heterocycles. The maximum Gasteiger partial charge on any atom is 0.327 e. The van der Waals surface area contributed by atoms with Gasteiger partial charge in [0.2, 0.25) is 0 Å². The van der Waals surface area contributed by atoms with Crippen LogP contribution in [0.5, 0.6) is 0 Å². The molecule has 0 aliphatic heterocycles. The van der Waals surface area contributed by atoms with E-state index in [1.54, 1.807) is 0 Å². The quantitative estimate of drug-likeness (QED) is 0.626. The average Bonchev–Trinajstić information content (AvgIpc) is 3.07. The van der Waals surface area contributed by atoms with Crippen LogP contribution in [0.2, 0.25) is 0 Å². The van der Waals surface area contributed by atoms with Crippen LogP contribution < -0.4 is 15.6 Å². The van der Waals surface area contributed by atoms with Crippen molar-refractivity contribution in [3.8, 4) is 0 Å². The van der Waals surface area contributed by atoms with E-state index in [1.165, 1.54) is 29.5 Å². The molecule has 0 fully saturated rings. The van der Waals surface area contributed by atoms with E-state index >= 15 is 0 Å². The summed E-state index contributed by atoms with van der Waals surface area (Å²) in [7, 11) is 3.92. The summed E-state index contributed by atoms with van der Waals surface area (Å²) >= 11 is 0. The van der Waals surface area contributed by atoms with Gasteiger partial charge in [-0.25, -0.2) is 15.2 Å². The molecule has 23 heavy (non-hydrogen) atoms. The molecule has 0 spiro atoms. The first-order valence-corrected chi connectivity index (χ1v) is 6.91. The summed E-state index contributed by atoms with van der Waals surface area (Å²) in [4.78, 5) is 28.9. The molecule has 0 radical (unpaired) electrons. The predicted octanol–water partition coefficient (Wildman–Crippen LogP) is 0.657. The van der Waals surface area contributed by atoms with Gasteiger partial charge in [0.15, 0.2) is 0 Å². The number of hydrogen-bond donors (Lipinski definition) is 2. The Balaban J connectivity index is 1.76. The Bertz CT molecular complexity index is 677. The minimum Gasteiger partial charge on any atom is -0.378 e. The number of benzene rings is 1. The molecule has 0 saturated carbocycles. The molecule has 1 aromatic heterocycles. The molecular weight excluding hydrogens is 296 g/mol. The van der Waals surface area contributed by atoms with Gasteiger partial charge in [-0.15, -0.1) is 0 Å². The normalized spacial score (nSPS) is 10.5. The number of nitrogens with zero attached hydrogens (tertiary/aromatic N) is 4. The third-order valence-corrected chi connectivity index (χ3v) is 2.95. The molecule has 120 valence electrons. The first kappa shape index (κ1) is 16.2. The Kier molecular flexibility index (Phi) is 5.45. The lowest BCUT2D eigenvalue weighted by Gasteiger charge is -2.11.